The minimum Gasteiger partial charge on any atom is -0.457 e. The van der Waals surface area contributed by atoms with Gasteiger partial charge in [0.1, 0.15) is 6.61 Å². The van der Waals surface area contributed by atoms with Crippen molar-refractivity contribution in [1.82, 2.24) is 4.31 Å². The molecule has 0 bridgehead atoms. The highest BCUT2D eigenvalue weighted by molar-refractivity contribution is 9.10. The number of nitrogens with zero attached hydrogens (tertiary/aromatic N) is 1. The molecule has 0 atom stereocenters. The second-order valence-electron chi connectivity index (χ2n) is 5.77. The number of thiophene rings is 1. The van der Waals surface area contributed by atoms with Gasteiger partial charge in [-0.1, -0.05) is 18.2 Å². The van der Waals surface area contributed by atoms with E-state index in [4.69, 9.17) is 4.74 Å². The van der Waals surface area contributed by atoms with Crippen molar-refractivity contribution in [2.75, 3.05) is 14.1 Å². The summed E-state index contributed by atoms with van der Waals surface area (Å²) in [6.45, 7) is 0.134. The van der Waals surface area contributed by atoms with Crippen molar-refractivity contribution in [3.05, 3.63) is 63.4 Å². The van der Waals surface area contributed by atoms with Crippen molar-refractivity contribution in [3.8, 4) is 0 Å². The van der Waals surface area contributed by atoms with E-state index in [-0.39, 0.29) is 17.1 Å². The first-order chi connectivity index (χ1) is 12.3. The number of carbonyl (C=O) groups is 1. The van der Waals surface area contributed by atoms with Crippen LogP contribution in [0, 0.1) is 0 Å². The van der Waals surface area contributed by atoms with E-state index in [1.807, 2.05) is 29.6 Å². The number of esters is 1. The van der Waals surface area contributed by atoms with Crippen LogP contribution in [-0.2, 0) is 21.4 Å². The molecule has 0 amide bonds. The van der Waals surface area contributed by atoms with Crippen molar-refractivity contribution in [2.24, 2.45) is 0 Å². The first-order valence-corrected chi connectivity index (χ1v) is 10.8. The Labute approximate surface area is 164 Å². The maximum Gasteiger partial charge on any atom is 0.338 e. The van der Waals surface area contributed by atoms with E-state index in [1.54, 1.807) is 11.3 Å². The molecule has 26 heavy (non-hydrogen) atoms. The molecule has 0 aliphatic rings. The number of hydrogen-bond acceptors (Lipinski definition) is 5. The van der Waals surface area contributed by atoms with Crippen LogP contribution in [0.4, 0.5) is 0 Å². The molecule has 8 heteroatoms. The summed E-state index contributed by atoms with van der Waals surface area (Å²) < 4.78 is 32.7. The van der Waals surface area contributed by atoms with Gasteiger partial charge in [-0.25, -0.2) is 17.5 Å². The van der Waals surface area contributed by atoms with Crippen LogP contribution in [0.5, 0.6) is 0 Å². The molecular weight excluding hydrogens is 438 g/mol. The smallest absolute Gasteiger partial charge is 0.338 e. The highest BCUT2D eigenvalue weighted by atomic mass is 79.9. The molecule has 3 aromatic rings. The second kappa shape index (κ2) is 7.48. The Kier molecular flexibility index (Phi) is 5.47. The summed E-state index contributed by atoms with van der Waals surface area (Å²) in [6.07, 6.45) is 0. The predicted octanol–water partition coefficient (Wildman–Crippen LogP) is 4.27. The molecule has 1 aromatic heterocycles. The van der Waals surface area contributed by atoms with Gasteiger partial charge in [0.2, 0.25) is 10.0 Å². The highest BCUT2D eigenvalue weighted by Gasteiger charge is 2.22. The highest BCUT2D eigenvalue weighted by Crippen LogP contribution is 2.28. The minimum atomic E-state index is -3.67. The fourth-order valence-electron chi connectivity index (χ4n) is 2.40. The Morgan fingerprint density at radius 2 is 1.92 bits per heavy atom. The normalized spacial score (nSPS) is 11.8. The van der Waals surface area contributed by atoms with Gasteiger partial charge in [-0.15, -0.1) is 11.3 Å². The minimum absolute atomic E-state index is 0.0259. The van der Waals surface area contributed by atoms with Gasteiger partial charge in [-0.3, -0.25) is 0 Å². The summed E-state index contributed by atoms with van der Waals surface area (Å²) in [5.41, 5.74) is 1.12. The van der Waals surface area contributed by atoms with E-state index in [0.29, 0.717) is 4.47 Å². The topological polar surface area (TPSA) is 63.7 Å². The van der Waals surface area contributed by atoms with Gasteiger partial charge in [0.15, 0.2) is 0 Å². The Morgan fingerprint density at radius 3 is 2.65 bits per heavy atom. The lowest BCUT2D eigenvalue weighted by Crippen LogP contribution is -2.23. The monoisotopic (exact) mass is 453 g/mol. The number of hydrogen-bond donors (Lipinski definition) is 0. The van der Waals surface area contributed by atoms with Crippen molar-refractivity contribution in [3.63, 3.8) is 0 Å². The number of benzene rings is 2. The zero-order chi connectivity index (χ0) is 18.9. The summed E-state index contributed by atoms with van der Waals surface area (Å²) >= 11 is 4.81. The first kappa shape index (κ1) is 19.0. The molecule has 5 nitrogen and oxygen atoms in total. The van der Waals surface area contributed by atoms with Crippen LogP contribution in [-0.4, -0.2) is 32.8 Å². The fourth-order valence-corrected chi connectivity index (χ4v) is 5.19. The van der Waals surface area contributed by atoms with Crippen molar-refractivity contribution in [1.29, 1.82) is 0 Å². The Bertz CT molecular complexity index is 1070. The number of rotatable bonds is 5. The lowest BCUT2D eigenvalue weighted by Gasteiger charge is -2.13. The quantitative estimate of drug-likeness (QED) is 0.541. The number of sulfonamides is 1. The third-order valence-electron chi connectivity index (χ3n) is 3.85. The van der Waals surface area contributed by atoms with Crippen molar-refractivity contribution >= 4 is 53.3 Å². The molecule has 2 aromatic carbocycles. The molecule has 0 unspecified atom stereocenters. The molecule has 136 valence electrons. The van der Waals surface area contributed by atoms with Gasteiger partial charge < -0.3 is 4.74 Å². The number of carbonyl (C=O) groups excluding carboxylic acids is 1. The summed E-state index contributed by atoms with van der Waals surface area (Å²) in [4.78, 5) is 12.4. The fraction of sp³-hybridized carbons (Fsp3) is 0.167. The van der Waals surface area contributed by atoms with Crippen LogP contribution in [0.3, 0.4) is 0 Å². The molecule has 0 radical (unpaired) electrons. The zero-order valence-corrected chi connectivity index (χ0v) is 17.3. The van der Waals surface area contributed by atoms with Crippen LogP contribution in [0.2, 0.25) is 0 Å². The largest absolute Gasteiger partial charge is 0.457 e. The van der Waals surface area contributed by atoms with E-state index in [2.05, 4.69) is 15.9 Å². The van der Waals surface area contributed by atoms with Crippen molar-refractivity contribution < 1.29 is 17.9 Å². The Balaban J connectivity index is 1.82. The number of fused-ring (bicyclic) bond motifs is 1. The number of halogens is 1. The SMILES string of the molecule is CN(C)S(=O)(=O)c1cc(C(=O)OCc2csc3ccccc23)ccc1Br. The Morgan fingerprint density at radius 1 is 1.19 bits per heavy atom. The van der Waals surface area contributed by atoms with E-state index < -0.39 is 16.0 Å². The third kappa shape index (κ3) is 3.68. The second-order valence-corrected chi connectivity index (χ2v) is 9.65. The maximum atomic E-state index is 12.4. The lowest BCUT2D eigenvalue weighted by molar-refractivity contribution is 0.0474. The molecule has 0 aliphatic heterocycles. The number of ether oxygens (including phenoxy) is 1. The van der Waals surface area contributed by atoms with Gasteiger partial charge in [0.05, 0.1) is 10.5 Å². The predicted molar refractivity (Wildman–Crippen MR) is 106 cm³/mol. The molecule has 0 saturated heterocycles. The summed E-state index contributed by atoms with van der Waals surface area (Å²) in [5, 5.41) is 3.01. The van der Waals surface area contributed by atoms with Crippen LogP contribution in [0.25, 0.3) is 10.1 Å². The van der Waals surface area contributed by atoms with E-state index in [1.165, 1.54) is 32.3 Å². The average molecular weight is 454 g/mol. The zero-order valence-electron chi connectivity index (χ0n) is 14.1. The molecule has 0 aliphatic carbocycles. The molecule has 0 spiro atoms. The van der Waals surface area contributed by atoms with Gasteiger partial charge in [-0.2, -0.15) is 0 Å². The maximum absolute atomic E-state index is 12.4. The van der Waals surface area contributed by atoms with Crippen LogP contribution in [0.15, 0.2) is 57.2 Å². The molecule has 3 rings (SSSR count). The lowest BCUT2D eigenvalue weighted by atomic mass is 10.2. The van der Waals surface area contributed by atoms with E-state index in [0.717, 1.165) is 20.0 Å². The van der Waals surface area contributed by atoms with Crippen LogP contribution >= 0.6 is 27.3 Å². The van der Waals surface area contributed by atoms with Crippen LogP contribution < -0.4 is 0 Å². The summed E-state index contributed by atoms with van der Waals surface area (Å²) in [6, 6.07) is 12.3. The molecule has 0 saturated carbocycles. The standard InChI is InChI=1S/C18H16BrNO4S2/c1-20(2)26(22,23)17-9-12(7-8-15(17)19)18(21)24-10-13-11-25-16-6-4-3-5-14(13)16/h3-9,11H,10H2,1-2H3. The van der Waals surface area contributed by atoms with Gasteiger partial charge in [-0.05, 0) is 51.0 Å². The Hall–Kier alpha value is -1.74. The molecule has 0 fully saturated rings. The van der Waals surface area contributed by atoms with Crippen molar-refractivity contribution in [2.45, 2.75) is 11.5 Å². The molecular formula is C18H16BrNO4S2. The van der Waals surface area contributed by atoms with Gasteiger partial charge >= 0.3 is 5.97 Å². The summed E-state index contributed by atoms with van der Waals surface area (Å²) in [5.74, 6) is -0.567. The average Bonchev–Trinajstić information content (AvgIpc) is 3.03. The van der Waals surface area contributed by atoms with Crippen LogP contribution in [0.1, 0.15) is 15.9 Å². The summed E-state index contributed by atoms with van der Waals surface area (Å²) in [7, 11) is -0.792. The molecule has 1 heterocycles. The first-order valence-electron chi connectivity index (χ1n) is 7.65. The van der Waals surface area contributed by atoms with Gasteiger partial charge in [0.25, 0.3) is 0 Å². The third-order valence-corrected chi connectivity index (χ3v) is 7.67. The molecule has 0 N–H and O–H groups in total. The van der Waals surface area contributed by atoms with E-state index >= 15 is 0 Å². The van der Waals surface area contributed by atoms with Gasteiger partial charge in [0, 0.05) is 28.8 Å². The van der Waals surface area contributed by atoms with E-state index in [9.17, 15) is 13.2 Å².